The number of esters is 1. The van der Waals surface area contributed by atoms with Crippen LogP contribution in [0.4, 0.5) is 0 Å². The second kappa shape index (κ2) is 10.4. The molecular weight excluding hydrogens is 476 g/mol. The number of amides is 1. The molecule has 0 fully saturated rings. The second-order valence-electron chi connectivity index (χ2n) is 10.2. The Morgan fingerprint density at radius 1 is 1.00 bits per heavy atom. The molecular formula is C31H34N4O3. The van der Waals surface area contributed by atoms with Gasteiger partial charge in [-0.3, -0.25) is 9.59 Å². The highest BCUT2D eigenvalue weighted by Gasteiger charge is 2.26. The maximum atomic E-state index is 13.3. The van der Waals surface area contributed by atoms with Crippen molar-refractivity contribution in [3.8, 4) is 0 Å². The summed E-state index contributed by atoms with van der Waals surface area (Å²) in [5.74, 6) is -0.415. The molecule has 2 heterocycles. The van der Waals surface area contributed by atoms with Gasteiger partial charge < -0.3 is 9.64 Å². The van der Waals surface area contributed by atoms with Crippen LogP contribution in [0.2, 0.25) is 0 Å². The van der Waals surface area contributed by atoms with E-state index in [4.69, 9.17) is 4.74 Å². The van der Waals surface area contributed by atoms with Crippen molar-refractivity contribution in [2.24, 2.45) is 0 Å². The number of ether oxygens (including phenoxy) is 1. The first kappa shape index (κ1) is 25.6. The Balaban J connectivity index is 1.50. The topological polar surface area (TPSA) is 77.3 Å². The van der Waals surface area contributed by atoms with Gasteiger partial charge in [-0.1, -0.05) is 35.5 Å². The molecule has 38 heavy (non-hydrogen) atoms. The van der Waals surface area contributed by atoms with E-state index in [2.05, 4.69) is 41.5 Å². The highest BCUT2D eigenvalue weighted by Crippen LogP contribution is 2.35. The normalized spacial score (nSPS) is 13.9. The number of rotatable bonds is 6. The molecule has 196 valence electrons. The summed E-state index contributed by atoms with van der Waals surface area (Å²) in [4.78, 5) is 27.8. The van der Waals surface area contributed by atoms with E-state index in [0.29, 0.717) is 13.1 Å². The van der Waals surface area contributed by atoms with E-state index in [1.807, 2.05) is 54.6 Å². The Morgan fingerprint density at radius 2 is 1.82 bits per heavy atom. The minimum absolute atomic E-state index is 0.0515. The predicted molar refractivity (Wildman–Crippen MR) is 147 cm³/mol. The van der Waals surface area contributed by atoms with Gasteiger partial charge in [0, 0.05) is 31.1 Å². The molecule has 1 amide bonds. The zero-order chi connectivity index (χ0) is 27.0. The summed E-state index contributed by atoms with van der Waals surface area (Å²) in [6, 6.07) is 16.4. The van der Waals surface area contributed by atoms with Gasteiger partial charge in [0.1, 0.15) is 5.52 Å². The summed E-state index contributed by atoms with van der Waals surface area (Å²) in [7, 11) is 1.42. The first-order valence-electron chi connectivity index (χ1n) is 13.2. The molecule has 0 spiro atoms. The van der Waals surface area contributed by atoms with Gasteiger partial charge >= 0.3 is 5.97 Å². The van der Waals surface area contributed by atoms with Gasteiger partial charge in [0.15, 0.2) is 0 Å². The fourth-order valence-electron chi connectivity index (χ4n) is 5.48. The smallest absolute Gasteiger partial charge is 0.306 e. The fraction of sp³-hybridized carbons (Fsp3) is 0.355. The molecule has 1 aliphatic rings. The number of hydrogen-bond acceptors (Lipinski definition) is 5. The van der Waals surface area contributed by atoms with Crippen LogP contribution in [0.3, 0.4) is 0 Å². The number of nitrogens with zero attached hydrogens (tertiary/aromatic N) is 4. The average Bonchev–Trinajstić information content (AvgIpc) is 3.36. The van der Waals surface area contributed by atoms with Crippen molar-refractivity contribution in [2.75, 3.05) is 13.7 Å². The standard InChI is InChI=1S/C31H34N4O3/c1-6-35-28-12-11-26(21(4)30(28)32-33-35)27(17-29(36)38-5)23-10-9-22-13-14-34(18-25(22)16-23)31(37)24-8-7-19(2)20(3)15-24/h7-12,15-16,27H,6,13-14,17-18H2,1-5H3/t27-/m0/s1. The highest BCUT2D eigenvalue weighted by atomic mass is 16.5. The van der Waals surface area contributed by atoms with Gasteiger partial charge in [0.05, 0.1) is 19.0 Å². The summed E-state index contributed by atoms with van der Waals surface area (Å²) in [6.07, 6.45) is 1.02. The minimum atomic E-state index is -0.268. The summed E-state index contributed by atoms with van der Waals surface area (Å²) < 4.78 is 6.95. The summed E-state index contributed by atoms with van der Waals surface area (Å²) >= 11 is 0. The molecule has 0 saturated heterocycles. The van der Waals surface area contributed by atoms with Crippen LogP contribution < -0.4 is 0 Å². The monoisotopic (exact) mass is 510 g/mol. The number of carbonyl (C=O) groups excluding carboxylic acids is 2. The zero-order valence-corrected chi connectivity index (χ0v) is 22.7. The van der Waals surface area contributed by atoms with Crippen LogP contribution in [-0.4, -0.2) is 45.4 Å². The van der Waals surface area contributed by atoms with Crippen molar-refractivity contribution >= 4 is 22.9 Å². The lowest BCUT2D eigenvalue weighted by Gasteiger charge is -2.30. The third-order valence-corrected chi connectivity index (χ3v) is 7.94. The van der Waals surface area contributed by atoms with Gasteiger partial charge in [-0.25, -0.2) is 4.68 Å². The number of methoxy groups -OCH3 is 1. The minimum Gasteiger partial charge on any atom is -0.469 e. The number of hydrogen-bond donors (Lipinski definition) is 0. The third kappa shape index (κ3) is 4.69. The molecule has 0 N–H and O–H groups in total. The molecule has 3 aromatic carbocycles. The van der Waals surface area contributed by atoms with E-state index < -0.39 is 0 Å². The van der Waals surface area contributed by atoms with Crippen molar-refractivity contribution in [3.63, 3.8) is 0 Å². The third-order valence-electron chi connectivity index (χ3n) is 7.94. The Hall–Kier alpha value is -4.00. The largest absolute Gasteiger partial charge is 0.469 e. The van der Waals surface area contributed by atoms with Crippen molar-refractivity contribution in [1.29, 1.82) is 0 Å². The quantitative estimate of drug-likeness (QED) is 0.330. The van der Waals surface area contributed by atoms with Crippen LogP contribution in [0.25, 0.3) is 11.0 Å². The van der Waals surface area contributed by atoms with E-state index in [1.54, 1.807) is 0 Å². The van der Waals surface area contributed by atoms with Gasteiger partial charge in [0.25, 0.3) is 5.91 Å². The van der Waals surface area contributed by atoms with E-state index in [0.717, 1.165) is 57.4 Å². The molecule has 7 heteroatoms. The van der Waals surface area contributed by atoms with E-state index >= 15 is 0 Å². The van der Waals surface area contributed by atoms with Crippen LogP contribution in [-0.2, 0) is 29.0 Å². The molecule has 1 aromatic heterocycles. The van der Waals surface area contributed by atoms with Crippen LogP contribution in [0.1, 0.15) is 68.6 Å². The number of benzene rings is 3. The molecule has 0 radical (unpaired) electrons. The summed E-state index contributed by atoms with van der Waals surface area (Å²) in [5.41, 5.74) is 10.3. The highest BCUT2D eigenvalue weighted by molar-refractivity contribution is 5.94. The molecule has 0 saturated carbocycles. The number of aromatic nitrogens is 3. The van der Waals surface area contributed by atoms with Gasteiger partial charge in [-0.2, -0.15) is 0 Å². The summed E-state index contributed by atoms with van der Waals surface area (Å²) in [6.45, 7) is 10.1. The van der Waals surface area contributed by atoms with Crippen molar-refractivity contribution in [1.82, 2.24) is 19.9 Å². The van der Waals surface area contributed by atoms with E-state index in [-0.39, 0.29) is 24.2 Å². The first-order valence-corrected chi connectivity index (χ1v) is 13.2. The Morgan fingerprint density at radius 3 is 2.55 bits per heavy atom. The lowest BCUT2D eigenvalue weighted by atomic mass is 9.83. The first-order chi connectivity index (χ1) is 18.3. The fourth-order valence-corrected chi connectivity index (χ4v) is 5.48. The zero-order valence-electron chi connectivity index (χ0n) is 22.7. The number of fused-ring (bicyclic) bond motifs is 2. The van der Waals surface area contributed by atoms with Gasteiger partial charge in [-0.15, -0.1) is 5.10 Å². The second-order valence-corrected chi connectivity index (χ2v) is 10.2. The predicted octanol–water partition coefficient (Wildman–Crippen LogP) is 5.27. The lowest BCUT2D eigenvalue weighted by Crippen LogP contribution is -2.36. The molecule has 0 unspecified atom stereocenters. The van der Waals surface area contributed by atoms with Gasteiger partial charge in [-0.05, 0) is 91.3 Å². The van der Waals surface area contributed by atoms with Crippen LogP contribution >= 0.6 is 0 Å². The molecule has 7 nitrogen and oxygen atoms in total. The Labute approximate surface area is 223 Å². The Bertz CT molecular complexity index is 1540. The Kier molecular flexibility index (Phi) is 7.02. The van der Waals surface area contributed by atoms with E-state index in [1.165, 1.54) is 18.2 Å². The van der Waals surface area contributed by atoms with Crippen LogP contribution in [0, 0.1) is 20.8 Å². The van der Waals surface area contributed by atoms with Gasteiger partial charge in [0.2, 0.25) is 0 Å². The summed E-state index contributed by atoms with van der Waals surface area (Å²) in [5, 5.41) is 8.70. The molecule has 0 bridgehead atoms. The van der Waals surface area contributed by atoms with Crippen molar-refractivity contribution < 1.29 is 14.3 Å². The van der Waals surface area contributed by atoms with Crippen LogP contribution in [0.15, 0.2) is 48.5 Å². The molecule has 1 atom stereocenters. The van der Waals surface area contributed by atoms with E-state index in [9.17, 15) is 9.59 Å². The number of aryl methyl sites for hydroxylation is 4. The van der Waals surface area contributed by atoms with Crippen molar-refractivity contribution in [2.45, 2.75) is 59.5 Å². The lowest BCUT2D eigenvalue weighted by molar-refractivity contribution is -0.140. The average molecular weight is 511 g/mol. The SMILES string of the molecule is CCn1nnc2c(C)c([C@@H](CC(=O)OC)c3ccc4c(c3)CN(C(=O)c3ccc(C)c(C)c3)CC4)ccc21. The van der Waals surface area contributed by atoms with Crippen LogP contribution in [0.5, 0.6) is 0 Å². The number of carbonyl (C=O) groups is 2. The maximum absolute atomic E-state index is 13.3. The van der Waals surface area contributed by atoms with Crippen molar-refractivity contribution in [3.05, 3.63) is 93.0 Å². The molecule has 1 aliphatic heterocycles. The molecule has 4 aromatic rings. The maximum Gasteiger partial charge on any atom is 0.306 e. The molecule has 0 aliphatic carbocycles. The molecule has 5 rings (SSSR count).